The lowest BCUT2D eigenvalue weighted by Crippen LogP contribution is -1.78. The highest BCUT2D eigenvalue weighted by atomic mass is 79.9. The molecule has 1 nitrogen and oxygen atoms in total. The zero-order valence-electron chi connectivity index (χ0n) is 7.20. The van der Waals surface area contributed by atoms with Crippen molar-refractivity contribution >= 4 is 38.4 Å². The molecule has 0 aliphatic heterocycles. The van der Waals surface area contributed by atoms with Gasteiger partial charge >= 0.3 is 0 Å². The maximum Gasteiger partial charge on any atom is 0.0604 e. The van der Waals surface area contributed by atoms with Crippen molar-refractivity contribution < 1.29 is 0 Å². The summed E-state index contributed by atoms with van der Waals surface area (Å²) < 4.78 is 1.13. The highest BCUT2D eigenvalue weighted by Gasteiger charge is 2.06. The minimum Gasteiger partial charge on any atom is -0.360 e. The van der Waals surface area contributed by atoms with Crippen molar-refractivity contribution in [3.63, 3.8) is 0 Å². The second-order valence-electron chi connectivity index (χ2n) is 3.07. The highest BCUT2D eigenvalue weighted by molar-refractivity contribution is 9.10. The Bertz CT molecular complexity index is 447. The third-order valence-electron chi connectivity index (χ3n) is 2.22. The first-order valence-electron chi connectivity index (χ1n) is 4.05. The van der Waals surface area contributed by atoms with Crippen molar-refractivity contribution in [3.8, 4) is 0 Å². The minimum atomic E-state index is 0.551. The number of rotatable bonds is 1. The van der Waals surface area contributed by atoms with Crippen molar-refractivity contribution in [2.45, 2.75) is 12.8 Å². The molecule has 1 aromatic carbocycles. The number of aromatic amines is 1. The van der Waals surface area contributed by atoms with Crippen LogP contribution in [-0.4, -0.2) is 4.98 Å². The largest absolute Gasteiger partial charge is 0.360 e. The van der Waals surface area contributed by atoms with Crippen LogP contribution in [0, 0.1) is 6.92 Å². The fourth-order valence-electron chi connectivity index (χ4n) is 1.44. The summed E-state index contributed by atoms with van der Waals surface area (Å²) in [5.41, 5.74) is 3.52. The molecule has 13 heavy (non-hydrogen) atoms. The number of hydrogen-bond donors (Lipinski definition) is 1. The predicted octanol–water partition coefficient (Wildman–Crippen LogP) is 3.98. The Labute approximate surface area is 90.2 Å². The van der Waals surface area contributed by atoms with Gasteiger partial charge in [0.1, 0.15) is 0 Å². The first-order valence-corrected chi connectivity index (χ1v) is 5.38. The van der Waals surface area contributed by atoms with Crippen molar-refractivity contribution in [1.82, 2.24) is 4.98 Å². The molecule has 0 saturated carbocycles. The van der Waals surface area contributed by atoms with Crippen LogP contribution in [0.15, 0.2) is 22.8 Å². The molecule has 0 spiro atoms. The summed E-state index contributed by atoms with van der Waals surface area (Å²) in [7, 11) is 0. The molecular weight excluding hydrogens is 249 g/mol. The van der Waals surface area contributed by atoms with Crippen LogP contribution in [0.2, 0.25) is 0 Å². The number of alkyl halides is 1. The molecule has 1 N–H and O–H groups in total. The van der Waals surface area contributed by atoms with E-state index in [1.165, 1.54) is 10.9 Å². The molecule has 1 heterocycles. The summed E-state index contributed by atoms with van der Waals surface area (Å²) in [6.45, 7) is 2.07. The summed E-state index contributed by atoms with van der Waals surface area (Å²) in [5, 5.41) is 1.20. The van der Waals surface area contributed by atoms with Gasteiger partial charge in [-0.3, -0.25) is 0 Å². The molecule has 0 atom stereocenters. The number of aromatic nitrogens is 1. The Morgan fingerprint density at radius 2 is 2.23 bits per heavy atom. The summed E-state index contributed by atoms with van der Waals surface area (Å²) in [5.74, 6) is 0.551. The van der Waals surface area contributed by atoms with Gasteiger partial charge in [0.2, 0.25) is 0 Å². The van der Waals surface area contributed by atoms with E-state index in [0.29, 0.717) is 5.88 Å². The zero-order valence-corrected chi connectivity index (χ0v) is 9.54. The maximum atomic E-state index is 5.80. The maximum absolute atomic E-state index is 5.80. The van der Waals surface area contributed by atoms with Crippen molar-refractivity contribution in [3.05, 3.63) is 33.9 Å². The SMILES string of the molecule is Cc1ccc2c(CCl)c[nH]c2c1Br. The normalized spacial score (nSPS) is 11.0. The van der Waals surface area contributed by atoms with Crippen LogP contribution in [0.4, 0.5) is 0 Å². The number of halogens is 2. The van der Waals surface area contributed by atoms with Crippen molar-refractivity contribution in [1.29, 1.82) is 0 Å². The number of fused-ring (bicyclic) bond motifs is 1. The predicted molar refractivity (Wildman–Crippen MR) is 60.3 cm³/mol. The van der Waals surface area contributed by atoms with E-state index in [-0.39, 0.29) is 0 Å². The molecule has 3 heteroatoms. The van der Waals surface area contributed by atoms with E-state index in [9.17, 15) is 0 Å². The second-order valence-corrected chi connectivity index (χ2v) is 4.13. The van der Waals surface area contributed by atoms with Gasteiger partial charge in [0, 0.05) is 21.9 Å². The van der Waals surface area contributed by atoms with E-state index >= 15 is 0 Å². The van der Waals surface area contributed by atoms with Crippen LogP contribution in [0.3, 0.4) is 0 Å². The summed E-state index contributed by atoms with van der Waals surface area (Å²) >= 11 is 9.35. The van der Waals surface area contributed by atoms with Crippen LogP contribution in [-0.2, 0) is 5.88 Å². The average Bonchev–Trinajstić information content (AvgIpc) is 2.55. The van der Waals surface area contributed by atoms with E-state index < -0.39 is 0 Å². The first kappa shape index (κ1) is 9.10. The summed E-state index contributed by atoms with van der Waals surface area (Å²) in [4.78, 5) is 3.22. The smallest absolute Gasteiger partial charge is 0.0604 e. The lowest BCUT2D eigenvalue weighted by atomic mass is 10.1. The van der Waals surface area contributed by atoms with Crippen LogP contribution in [0.25, 0.3) is 10.9 Å². The fraction of sp³-hybridized carbons (Fsp3) is 0.200. The van der Waals surface area contributed by atoms with Gasteiger partial charge in [-0.25, -0.2) is 0 Å². The number of nitrogens with one attached hydrogen (secondary N) is 1. The quantitative estimate of drug-likeness (QED) is 0.745. The van der Waals surface area contributed by atoms with Crippen LogP contribution < -0.4 is 0 Å². The van der Waals surface area contributed by atoms with E-state index in [1.807, 2.05) is 6.20 Å². The Morgan fingerprint density at radius 1 is 1.46 bits per heavy atom. The highest BCUT2D eigenvalue weighted by Crippen LogP contribution is 2.29. The molecule has 0 aliphatic rings. The molecule has 2 rings (SSSR count). The van der Waals surface area contributed by atoms with Gasteiger partial charge in [0.25, 0.3) is 0 Å². The summed E-state index contributed by atoms with van der Waals surface area (Å²) in [6.07, 6.45) is 1.96. The molecule has 1 aromatic heterocycles. The standard InChI is InChI=1S/C10H9BrClN/c1-6-2-3-8-7(4-12)5-13-10(8)9(6)11/h2-3,5,13H,4H2,1H3. The zero-order chi connectivity index (χ0) is 9.42. The third kappa shape index (κ3) is 1.38. The van der Waals surface area contributed by atoms with E-state index in [1.54, 1.807) is 0 Å². The van der Waals surface area contributed by atoms with Crippen LogP contribution >= 0.6 is 27.5 Å². The molecule has 0 fully saturated rings. The van der Waals surface area contributed by atoms with Gasteiger partial charge in [0.05, 0.1) is 5.52 Å². The lowest BCUT2D eigenvalue weighted by Gasteiger charge is -1.99. The molecule has 0 amide bonds. The number of aryl methyl sites for hydroxylation is 1. The second kappa shape index (κ2) is 3.35. The average molecular weight is 259 g/mol. The molecule has 2 aromatic rings. The minimum absolute atomic E-state index is 0.551. The first-order chi connectivity index (χ1) is 6.24. The fourth-order valence-corrected chi connectivity index (χ4v) is 2.12. The molecule has 0 bridgehead atoms. The van der Waals surface area contributed by atoms with E-state index in [2.05, 4.69) is 40.0 Å². The molecule has 0 aliphatic carbocycles. The van der Waals surface area contributed by atoms with Gasteiger partial charge in [-0.15, -0.1) is 11.6 Å². The van der Waals surface area contributed by atoms with Gasteiger partial charge in [-0.2, -0.15) is 0 Å². The number of H-pyrrole nitrogens is 1. The number of hydrogen-bond acceptors (Lipinski definition) is 0. The van der Waals surface area contributed by atoms with Crippen LogP contribution in [0.5, 0.6) is 0 Å². The van der Waals surface area contributed by atoms with E-state index in [4.69, 9.17) is 11.6 Å². The Hall–Kier alpha value is -0.470. The van der Waals surface area contributed by atoms with Gasteiger partial charge in [-0.05, 0) is 34.0 Å². The Morgan fingerprint density at radius 3 is 2.92 bits per heavy atom. The lowest BCUT2D eigenvalue weighted by molar-refractivity contribution is 1.38. The van der Waals surface area contributed by atoms with Crippen LogP contribution in [0.1, 0.15) is 11.1 Å². The monoisotopic (exact) mass is 257 g/mol. The van der Waals surface area contributed by atoms with E-state index in [0.717, 1.165) is 15.6 Å². The number of benzene rings is 1. The van der Waals surface area contributed by atoms with Gasteiger partial charge < -0.3 is 4.98 Å². The van der Waals surface area contributed by atoms with Gasteiger partial charge in [0.15, 0.2) is 0 Å². The summed E-state index contributed by atoms with van der Waals surface area (Å²) in [6, 6.07) is 4.19. The third-order valence-corrected chi connectivity index (χ3v) is 3.53. The van der Waals surface area contributed by atoms with Crippen molar-refractivity contribution in [2.24, 2.45) is 0 Å². The van der Waals surface area contributed by atoms with Crippen molar-refractivity contribution in [2.75, 3.05) is 0 Å². The van der Waals surface area contributed by atoms with Gasteiger partial charge in [-0.1, -0.05) is 12.1 Å². The molecule has 0 saturated heterocycles. The molecule has 0 unspecified atom stereocenters. The Balaban J connectivity index is 2.81. The topological polar surface area (TPSA) is 15.8 Å². The Kier molecular flexibility index (Phi) is 2.35. The molecule has 0 radical (unpaired) electrons. The molecule has 68 valence electrons. The molecular formula is C10H9BrClN.